The van der Waals surface area contributed by atoms with Crippen LogP contribution in [-0.4, -0.2) is 22.0 Å². The molecule has 1 amide bonds. The molecule has 6 nitrogen and oxygen atoms in total. The highest BCUT2D eigenvalue weighted by molar-refractivity contribution is 7.80. The van der Waals surface area contributed by atoms with Gasteiger partial charge in [-0.15, -0.1) is 12.6 Å². The molecule has 0 bridgehead atoms. The molecule has 0 aliphatic carbocycles. The summed E-state index contributed by atoms with van der Waals surface area (Å²) in [6.45, 7) is 0.369. The van der Waals surface area contributed by atoms with E-state index in [-0.39, 0.29) is 16.9 Å². The van der Waals surface area contributed by atoms with Gasteiger partial charge in [-0.1, -0.05) is 24.3 Å². The van der Waals surface area contributed by atoms with Crippen molar-refractivity contribution < 1.29 is 14.7 Å². The minimum atomic E-state index is -0.996. The van der Waals surface area contributed by atoms with Crippen LogP contribution in [0.4, 0.5) is 0 Å². The molecule has 1 heterocycles. The summed E-state index contributed by atoms with van der Waals surface area (Å²) in [5.74, 6) is -1.26. The fourth-order valence-electron chi connectivity index (χ4n) is 3.42. The number of nitrogens with one attached hydrogen (secondary N) is 2. The second-order valence-corrected chi connectivity index (χ2v) is 7.95. The van der Waals surface area contributed by atoms with Crippen molar-refractivity contribution in [1.29, 1.82) is 0 Å². The molecule has 0 radical (unpaired) electrons. The second-order valence-electron chi connectivity index (χ2n) is 7.43. The van der Waals surface area contributed by atoms with Crippen molar-refractivity contribution in [2.24, 2.45) is 0 Å². The average Bonchev–Trinajstić information content (AvgIpc) is 2.80. The first kappa shape index (κ1) is 21.4. The molecular formula is C25H20N2O4S. The number of amides is 1. The van der Waals surface area contributed by atoms with Gasteiger partial charge in [-0.25, -0.2) is 4.79 Å². The van der Waals surface area contributed by atoms with Crippen molar-refractivity contribution in [3.8, 4) is 0 Å². The molecule has 32 heavy (non-hydrogen) atoms. The number of H-pyrrole nitrogens is 1. The van der Waals surface area contributed by atoms with E-state index < -0.39 is 5.97 Å². The summed E-state index contributed by atoms with van der Waals surface area (Å²) >= 11 is 4.25. The van der Waals surface area contributed by atoms with E-state index in [4.69, 9.17) is 5.11 Å². The molecule has 160 valence electrons. The Kier molecular flexibility index (Phi) is 6.09. The summed E-state index contributed by atoms with van der Waals surface area (Å²) in [6.07, 6.45) is 2.00. The number of pyridine rings is 1. The van der Waals surface area contributed by atoms with Gasteiger partial charge in [0.1, 0.15) is 0 Å². The first-order chi connectivity index (χ1) is 15.4. The highest BCUT2D eigenvalue weighted by atomic mass is 32.1. The summed E-state index contributed by atoms with van der Waals surface area (Å²) in [5.41, 5.74) is 3.37. The van der Waals surface area contributed by atoms with Gasteiger partial charge < -0.3 is 15.4 Å². The number of hydrogen-bond acceptors (Lipinski definition) is 4. The van der Waals surface area contributed by atoms with Gasteiger partial charge in [0, 0.05) is 46.1 Å². The molecule has 1 aromatic heterocycles. The van der Waals surface area contributed by atoms with Crippen LogP contribution in [0, 0.1) is 0 Å². The van der Waals surface area contributed by atoms with E-state index in [9.17, 15) is 14.4 Å². The lowest BCUT2D eigenvalue weighted by Gasteiger charge is -2.08. The maximum absolute atomic E-state index is 13.0. The molecule has 3 N–H and O–H groups in total. The lowest BCUT2D eigenvalue weighted by atomic mass is 10.0. The van der Waals surface area contributed by atoms with Crippen LogP contribution in [0.3, 0.4) is 0 Å². The van der Waals surface area contributed by atoms with Crippen molar-refractivity contribution in [3.63, 3.8) is 0 Å². The highest BCUT2D eigenvalue weighted by Crippen LogP contribution is 2.15. The lowest BCUT2D eigenvalue weighted by molar-refractivity contribution is 0.0696. The highest BCUT2D eigenvalue weighted by Gasteiger charge is 2.11. The molecule has 0 saturated carbocycles. The van der Waals surface area contributed by atoms with Gasteiger partial charge in [0.2, 0.25) is 0 Å². The van der Waals surface area contributed by atoms with Gasteiger partial charge in [0.05, 0.1) is 5.56 Å². The molecule has 7 heteroatoms. The fraction of sp³-hybridized carbons (Fsp3) is 0.0800. The largest absolute Gasteiger partial charge is 0.478 e. The minimum Gasteiger partial charge on any atom is -0.478 e. The number of carboxylic acids is 1. The molecule has 4 aromatic rings. The number of rotatable bonds is 6. The van der Waals surface area contributed by atoms with Crippen LogP contribution in [0.1, 0.15) is 37.4 Å². The summed E-state index contributed by atoms with van der Waals surface area (Å²) < 4.78 is 0. The van der Waals surface area contributed by atoms with Gasteiger partial charge in [-0.2, -0.15) is 0 Å². The maximum atomic E-state index is 13.0. The Balaban J connectivity index is 1.55. The van der Waals surface area contributed by atoms with E-state index in [1.807, 2.05) is 24.3 Å². The third kappa shape index (κ3) is 4.73. The normalized spacial score (nSPS) is 10.8. The lowest BCUT2D eigenvalue weighted by Crippen LogP contribution is -2.23. The number of carbonyl (C=O) groups excluding carboxylic acids is 1. The van der Waals surface area contributed by atoms with E-state index in [0.29, 0.717) is 35.0 Å². The standard InChI is InChI=1S/C25H20N2O4S/c28-23-19(11-15-1-5-17(6-2-15)25(30)31)14-26-22-10-7-18(12-21(22)23)24(29)27-13-16-3-8-20(32)9-4-16/h1-10,12,14,32H,11,13H2,(H,26,28)(H,27,29)(H,30,31). The zero-order valence-electron chi connectivity index (χ0n) is 17.0. The molecule has 3 aromatic carbocycles. The average molecular weight is 445 g/mol. The van der Waals surface area contributed by atoms with Gasteiger partial charge in [-0.05, 0) is 53.6 Å². The maximum Gasteiger partial charge on any atom is 0.335 e. The third-order valence-electron chi connectivity index (χ3n) is 5.20. The SMILES string of the molecule is O=C(O)c1ccc(Cc2c[nH]c3ccc(C(=O)NCc4ccc(S)cc4)cc3c2=O)cc1. The Morgan fingerprint density at radius 2 is 1.56 bits per heavy atom. The number of hydrogen-bond donors (Lipinski definition) is 4. The Bertz CT molecular complexity index is 1360. The molecule has 0 aliphatic rings. The number of thiol groups is 1. The van der Waals surface area contributed by atoms with Crippen molar-refractivity contribution in [2.75, 3.05) is 0 Å². The predicted octanol–water partition coefficient (Wildman–Crippen LogP) is 4.04. The molecule has 4 rings (SSSR count). The van der Waals surface area contributed by atoms with Crippen LogP contribution in [0.15, 0.2) is 82.6 Å². The zero-order chi connectivity index (χ0) is 22.7. The van der Waals surface area contributed by atoms with Gasteiger partial charge >= 0.3 is 5.97 Å². The third-order valence-corrected chi connectivity index (χ3v) is 5.50. The first-order valence-electron chi connectivity index (χ1n) is 9.93. The van der Waals surface area contributed by atoms with E-state index >= 15 is 0 Å². The summed E-state index contributed by atoms with van der Waals surface area (Å²) in [7, 11) is 0. The van der Waals surface area contributed by atoms with E-state index in [2.05, 4.69) is 22.9 Å². The molecule has 0 atom stereocenters. The number of fused-ring (bicyclic) bond motifs is 1. The Morgan fingerprint density at radius 3 is 2.25 bits per heavy atom. The molecule has 0 spiro atoms. The van der Waals surface area contributed by atoms with Crippen LogP contribution >= 0.6 is 12.6 Å². The van der Waals surface area contributed by atoms with Crippen LogP contribution in [0.2, 0.25) is 0 Å². The number of benzene rings is 3. The van der Waals surface area contributed by atoms with Gasteiger partial charge in [0.15, 0.2) is 5.43 Å². The predicted molar refractivity (Wildman–Crippen MR) is 126 cm³/mol. The number of aromatic amines is 1. The molecule has 0 fully saturated rings. The van der Waals surface area contributed by atoms with Crippen molar-refractivity contribution in [1.82, 2.24) is 10.3 Å². The van der Waals surface area contributed by atoms with Crippen molar-refractivity contribution in [3.05, 3.63) is 111 Å². The Morgan fingerprint density at radius 1 is 0.906 bits per heavy atom. The monoisotopic (exact) mass is 444 g/mol. The topological polar surface area (TPSA) is 99.3 Å². The summed E-state index contributed by atoms with van der Waals surface area (Å²) in [4.78, 5) is 40.6. The Labute approximate surface area is 189 Å². The zero-order valence-corrected chi connectivity index (χ0v) is 17.9. The van der Waals surface area contributed by atoms with Gasteiger partial charge in [-0.3, -0.25) is 9.59 Å². The number of aromatic carboxylic acids is 1. The smallest absolute Gasteiger partial charge is 0.335 e. The minimum absolute atomic E-state index is 0.167. The van der Waals surface area contributed by atoms with Crippen molar-refractivity contribution in [2.45, 2.75) is 17.9 Å². The quantitative estimate of drug-likeness (QED) is 0.337. The van der Waals surface area contributed by atoms with E-state index in [1.54, 1.807) is 36.5 Å². The Hall–Kier alpha value is -3.84. The number of aromatic nitrogens is 1. The summed E-state index contributed by atoms with van der Waals surface area (Å²) in [6, 6.07) is 18.9. The second kappa shape index (κ2) is 9.11. The molecule has 0 saturated heterocycles. The molecular weight excluding hydrogens is 424 g/mol. The first-order valence-corrected chi connectivity index (χ1v) is 10.4. The van der Waals surface area contributed by atoms with Crippen molar-refractivity contribution >= 4 is 35.4 Å². The van der Waals surface area contributed by atoms with Crippen LogP contribution < -0.4 is 10.7 Å². The van der Waals surface area contributed by atoms with Crippen LogP contribution in [0.5, 0.6) is 0 Å². The van der Waals surface area contributed by atoms with E-state index in [1.165, 1.54) is 12.1 Å². The number of carbonyl (C=O) groups is 2. The van der Waals surface area contributed by atoms with Crippen LogP contribution in [0.25, 0.3) is 10.9 Å². The molecule has 0 aliphatic heterocycles. The van der Waals surface area contributed by atoms with E-state index in [0.717, 1.165) is 16.0 Å². The summed E-state index contributed by atoms with van der Waals surface area (Å²) in [5, 5.41) is 12.3. The molecule has 0 unspecified atom stereocenters. The number of carboxylic acid groups (broad SMARTS) is 1. The fourth-order valence-corrected chi connectivity index (χ4v) is 3.57. The van der Waals surface area contributed by atoms with Gasteiger partial charge in [0.25, 0.3) is 5.91 Å². The van der Waals surface area contributed by atoms with Crippen LogP contribution in [-0.2, 0) is 13.0 Å².